The van der Waals surface area contributed by atoms with Crippen LogP contribution in [0.15, 0.2) is 12.2 Å². The molecular weight excluding hydrogens is 192 g/mol. The maximum Gasteiger partial charge on any atom is 0.333 e. The number of hydrogen-bond donors (Lipinski definition) is 0. The van der Waals surface area contributed by atoms with Crippen molar-refractivity contribution in [3.8, 4) is 0 Å². The van der Waals surface area contributed by atoms with E-state index in [1.54, 1.807) is 6.92 Å². The number of carbonyl (C=O) groups is 2. The molecule has 0 aliphatic carbocycles. The molecule has 3 nitrogen and oxygen atoms in total. The molecule has 0 aromatic heterocycles. The van der Waals surface area contributed by atoms with Crippen LogP contribution in [0.3, 0.4) is 0 Å². The lowest BCUT2D eigenvalue weighted by atomic mass is 10.1. The van der Waals surface area contributed by atoms with Crippen molar-refractivity contribution in [3.63, 3.8) is 0 Å². The largest absolute Gasteiger partial charge is 0.454 e. The van der Waals surface area contributed by atoms with E-state index in [4.69, 9.17) is 4.74 Å². The summed E-state index contributed by atoms with van der Waals surface area (Å²) in [6.45, 7) is 7.01. The minimum atomic E-state index is -0.489. The Kier molecular flexibility index (Phi) is 7.60. The van der Waals surface area contributed by atoms with Crippen molar-refractivity contribution in [1.29, 1.82) is 0 Å². The van der Waals surface area contributed by atoms with E-state index >= 15 is 0 Å². The maximum absolute atomic E-state index is 11.2. The molecule has 0 unspecified atom stereocenters. The molecule has 86 valence electrons. The van der Waals surface area contributed by atoms with E-state index in [2.05, 4.69) is 13.5 Å². The van der Waals surface area contributed by atoms with Crippen LogP contribution < -0.4 is 0 Å². The average molecular weight is 212 g/mol. The van der Waals surface area contributed by atoms with Crippen LogP contribution in [0.5, 0.6) is 0 Å². The molecule has 0 N–H and O–H groups in total. The number of hydrogen-bond acceptors (Lipinski definition) is 3. The summed E-state index contributed by atoms with van der Waals surface area (Å²) >= 11 is 0. The summed E-state index contributed by atoms with van der Waals surface area (Å²) in [5.74, 6) is -0.502. The first-order valence-corrected chi connectivity index (χ1v) is 5.42. The zero-order valence-corrected chi connectivity index (χ0v) is 9.67. The zero-order valence-electron chi connectivity index (χ0n) is 9.67. The monoisotopic (exact) mass is 212 g/mol. The van der Waals surface area contributed by atoms with Crippen molar-refractivity contribution >= 4 is 11.8 Å². The fourth-order valence-electron chi connectivity index (χ4n) is 1.09. The fourth-order valence-corrected chi connectivity index (χ4v) is 1.09. The minimum absolute atomic E-state index is 0.0132. The molecule has 0 spiro atoms. The smallest absolute Gasteiger partial charge is 0.333 e. The molecular formula is C12H20O3. The summed E-state index contributed by atoms with van der Waals surface area (Å²) in [7, 11) is 0. The van der Waals surface area contributed by atoms with Crippen LogP contribution in [0.1, 0.15) is 46.0 Å². The Balaban J connectivity index is 3.49. The summed E-state index contributed by atoms with van der Waals surface area (Å²) in [6, 6.07) is 0. The number of carbonyl (C=O) groups excluding carboxylic acids is 2. The molecule has 0 heterocycles. The van der Waals surface area contributed by atoms with Crippen molar-refractivity contribution in [2.75, 3.05) is 6.61 Å². The van der Waals surface area contributed by atoms with Gasteiger partial charge in [0.25, 0.3) is 0 Å². The Bertz CT molecular complexity index is 231. The highest BCUT2D eigenvalue weighted by molar-refractivity contribution is 5.89. The van der Waals surface area contributed by atoms with E-state index in [9.17, 15) is 9.59 Å². The second kappa shape index (κ2) is 8.21. The Labute approximate surface area is 91.5 Å². The van der Waals surface area contributed by atoms with Gasteiger partial charge < -0.3 is 4.74 Å². The first kappa shape index (κ1) is 13.9. The van der Waals surface area contributed by atoms with Gasteiger partial charge in [0, 0.05) is 12.0 Å². The number of rotatable bonds is 8. The summed E-state index contributed by atoms with van der Waals surface area (Å²) in [5.41, 5.74) is 0.328. The van der Waals surface area contributed by atoms with Crippen molar-refractivity contribution < 1.29 is 14.3 Å². The minimum Gasteiger partial charge on any atom is -0.454 e. The van der Waals surface area contributed by atoms with Crippen molar-refractivity contribution in [3.05, 3.63) is 12.2 Å². The molecule has 0 bridgehead atoms. The third-order valence-electron chi connectivity index (χ3n) is 2.02. The Morgan fingerprint density at radius 3 is 2.40 bits per heavy atom. The molecule has 15 heavy (non-hydrogen) atoms. The van der Waals surface area contributed by atoms with Gasteiger partial charge in [-0.25, -0.2) is 4.79 Å². The van der Waals surface area contributed by atoms with E-state index in [1.807, 2.05) is 0 Å². The van der Waals surface area contributed by atoms with Gasteiger partial charge in [0.05, 0.1) is 0 Å². The molecule has 0 aliphatic rings. The molecule has 0 saturated heterocycles. The number of unbranched alkanes of at least 4 members (excludes halogenated alkanes) is 3. The van der Waals surface area contributed by atoms with Crippen LogP contribution in [0.25, 0.3) is 0 Å². The molecule has 0 aliphatic heterocycles. The fraction of sp³-hybridized carbons (Fsp3) is 0.667. The highest BCUT2D eigenvalue weighted by atomic mass is 16.5. The van der Waals surface area contributed by atoms with Gasteiger partial charge in [-0.2, -0.15) is 0 Å². The topological polar surface area (TPSA) is 43.4 Å². The molecule has 0 radical (unpaired) electrons. The van der Waals surface area contributed by atoms with E-state index in [-0.39, 0.29) is 12.4 Å². The van der Waals surface area contributed by atoms with E-state index in [0.29, 0.717) is 12.0 Å². The van der Waals surface area contributed by atoms with E-state index < -0.39 is 5.97 Å². The number of esters is 1. The summed E-state index contributed by atoms with van der Waals surface area (Å²) < 4.78 is 4.73. The molecule has 0 atom stereocenters. The van der Waals surface area contributed by atoms with Gasteiger partial charge in [0.15, 0.2) is 5.78 Å². The van der Waals surface area contributed by atoms with Crippen LogP contribution in [0.4, 0.5) is 0 Å². The van der Waals surface area contributed by atoms with E-state index in [1.165, 1.54) is 0 Å². The predicted octanol–water partition coefficient (Wildman–Crippen LogP) is 2.65. The lowest BCUT2D eigenvalue weighted by Gasteiger charge is -2.03. The molecule has 0 rings (SSSR count). The van der Waals surface area contributed by atoms with Gasteiger partial charge in [-0.1, -0.05) is 32.8 Å². The maximum atomic E-state index is 11.2. The Hall–Kier alpha value is -1.12. The third kappa shape index (κ3) is 7.91. The van der Waals surface area contributed by atoms with Gasteiger partial charge >= 0.3 is 5.97 Å². The zero-order chi connectivity index (χ0) is 11.7. The van der Waals surface area contributed by atoms with Crippen LogP contribution in [0, 0.1) is 0 Å². The average Bonchev–Trinajstić information content (AvgIpc) is 2.20. The predicted molar refractivity (Wildman–Crippen MR) is 59.5 cm³/mol. The Morgan fingerprint density at radius 1 is 1.20 bits per heavy atom. The van der Waals surface area contributed by atoms with Crippen molar-refractivity contribution in [2.45, 2.75) is 46.0 Å². The first-order valence-electron chi connectivity index (χ1n) is 5.42. The second-order valence-electron chi connectivity index (χ2n) is 3.71. The first-order chi connectivity index (χ1) is 7.07. The highest BCUT2D eigenvalue weighted by Crippen LogP contribution is 2.03. The number of Topliss-reactive ketones (excluding diaryl/α,β-unsaturated/α-hetero) is 1. The number of ketones is 1. The van der Waals surface area contributed by atoms with Gasteiger partial charge in [-0.05, 0) is 13.3 Å². The van der Waals surface area contributed by atoms with Gasteiger partial charge in [0.2, 0.25) is 0 Å². The van der Waals surface area contributed by atoms with Crippen molar-refractivity contribution in [2.24, 2.45) is 0 Å². The SMILES string of the molecule is C=C(C)C(=O)OCC(=O)CCCCCC. The van der Waals surface area contributed by atoms with Crippen molar-refractivity contribution in [1.82, 2.24) is 0 Å². The third-order valence-corrected chi connectivity index (χ3v) is 2.02. The summed E-state index contributed by atoms with van der Waals surface area (Å²) in [5, 5.41) is 0. The Morgan fingerprint density at radius 2 is 1.87 bits per heavy atom. The molecule has 0 aromatic rings. The molecule has 0 amide bonds. The van der Waals surface area contributed by atoms with Gasteiger partial charge in [0.1, 0.15) is 6.61 Å². The van der Waals surface area contributed by atoms with Gasteiger partial charge in [-0.15, -0.1) is 0 Å². The van der Waals surface area contributed by atoms with Crippen LogP contribution >= 0.6 is 0 Å². The standard InChI is InChI=1S/C12H20O3/c1-4-5-6-7-8-11(13)9-15-12(14)10(2)3/h2,4-9H2,1,3H3. The van der Waals surface area contributed by atoms with E-state index in [0.717, 1.165) is 25.7 Å². The number of ether oxygens (including phenoxy) is 1. The normalized spacial score (nSPS) is 9.73. The lowest BCUT2D eigenvalue weighted by molar-refractivity contribution is -0.144. The van der Waals surface area contributed by atoms with Gasteiger partial charge in [-0.3, -0.25) is 4.79 Å². The molecule has 0 aromatic carbocycles. The van der Waals surface area contributed by atoms with Crippen LogP contribution in [-0.2, 0) is 14.3 Å². The van der Waals surface area contributed by atoms with Crippen LogP contribution in [-0.4, -0.2) is 18.4 Å². The summed E-state index contributed by atoms with van der Waals surface area (Å²) in [6.07, 6.45) is 4.76. The summed E-state index contributed by atoms with van der Waals surface area (Å²) in [4.78, 5) is 22.2. The van der Waals surface area contributed by atoms with Crippen LogP contribution in [0.2, 0.25) is 0 Å². The highest BCUT2D eigenvalue weighted by Gasteiger charge is 2.07. The quantitative estimate of drug-likeness (QED) is 0.353. The lowest BCUT2D eigenvalue weighted by Crippen LogP contribution is -2.13. The molecule has 0 fully saturated rings. The molecule has 3 heteroatoms. The molecule has 0 saturated carbocycles. The second-order valence-corrected chi connectivity index (χ2v) is 3.71.